The minimum atomic E-state index is -0.663. The van der Waals surface area contributed by atoms with E-state index in [0.29, 0.717) is 6.04 Å². The molecule has 1 aliphatic carbocycles. The van der Waals surface area contributed by atoms with Crippen LogP contribution in [0.25, 0.3) is 0 Å². The summed E-state index contributed by atoms with van der Waals surface area (Å²) in [5.41, 5.74) is 3.63. The molecule has 1 aromatic heterocycles. The van der Waals surface area contributed by atoms with Crippen molar-refractivity contribution in [3.8, 4) is 0 Å². The molecule has 4 nitrogen and oxygen atoms in total. The van der Waals surface area contributed by atoms with Crippen molar-refractivity contribution < 1.29 is 9.90 Å². The smallest absolute Gasteiger partial charge is 0.307 e. The summed E-state index contributed by atoms with van der Waals surface area (Å²) < 4.78 is 0. The van der Waals surface area contributed by atoms with Gasteiger partial charge in [-0.3, -0.25) is 9.78 Å². The van der Waals surface area contributed by atoms with Gasteiger partial charge in [0.25, 0.3) is 0 Å². The first-order chi connectivity index (χ1) is 16.1. The van der Waals surface area contributed by atoms with E-state index < -0.39 is 5.97 Å². The standard InChI is InChI=1S/C19H34N2.C10H10O2/c1-4-6-7-8-9-10-11-12-15-20-17(3)18-13-14-19(5-2)21-16-18;11-10(12)9-6-8(9)7-4-2-1-3-5-7/h13-14,16-17,20H,4-12,15H2,1-3H3;1-5,8-9H,6H2,(H,11,12)/t17-;8-,9+/m01/s1. The molecule has 2 aromatic rings. The Morgan fingerprint density at radius 1 is 1.00 bits per heavy atom. The van der Waals surface area contributed by atoms with Gasteiger partial charge in [0.15, 0.2) is 0 Å². The zero-order valence-electron chi connectivity index (χ0n) is 20.9. The lowest BCUT2D eigenvalue weighted by Crippen LogP contribution is -2.20. The molecule has 2 N–H and O–H groups in total. The van der Waals surface area contributed by atoms with E-state index in [2.05, 4.69) is 43.2 Å². The molecule has 1 fully saturated rings. The fraction of sp³-hybridized carbons (Fsp3) is 0.586. The van der Waals surface area contributed by atoms with Crippen molar-refractivity contribution in [1.29, 1.82) is 0 Å². The number of hydrogen-bond donors (Lipinski definition) is 2. The Kier molecular flexibility index (Phi) is 12.8. The molecule has 0 amide bonds. The summed E-state index contributed by atoms with van der Waals surface area (Å²) in [5.74, 6) is -0.528. The second-order valence-electron chi connectivity index (χ2n) is 9.28. The molecule has 1 saturated carbocycles. The molecule has 0 saturated heterocycles. The Morgan fingerprint density at radius 3 is 2.21 bits per heavy atom. The van der Waals surface area contributed by atoms with Crippen molar-refractivity contribution in [1.82, 2.24) is 10.3 Å². The molecule has 0 unspecified atom stereocenters. The zero-order valence-corrected chi connectivity index (χ0v) is 20.9. The maximum Gasteiger partial charge on any atom is 0.307 e. The van der Waals surface area contributed by atoms with Crippen molar-refractivity contribution in [2.24, 2.45) is 5.92 Å². The third-order valence-electron chi connectivity index (χ3n) is 6.53. The predicted octanol–water partition coefficient (Wildman–Crippen LogP) is 7.31. The Hall–Kier alpha value is -2.20. The number of carboxylic acids is 1. The summed E-state index contributed by atoms with van der Waals surface area (Å²) in [6, 6.07) is 14.6. The van der Waals surface area contributed by atoms with Crippen LogP contribution in [0.2, 0.25) is 0 Å². The summed E-state index contributed by atoms with van der Waals surface area (Å²) in [6.45, 7) is 7.77. The number of aliphatic carboxylic acids is 1. The van der Waals surface area contributed by atoms with E-state index in [0.717, 1.165) is 24.9 Å². The molecule has 0 aliphatic heterocycles. The van der Waals surface area contributed by atoms with Crippen LogP contribution >= 0.6 is 0 Å². The monoisotopic (exact) mass is 452 g/mol. The number of rotatable bonds is 14. The van der Waals surface area contributed by atoms with Crippen LogP contribution in [-0.2, 0) is 11.2 Å². The Balaban J connectivity index is 0.000000268. The highest BCUT2D eigenvalue weighted by Gasteiger charge is 2.43. The SMILES string of the molecule is CCCCCCCCCCN[C@@H](C)c1ccc(CC)nc1.O=C(O)[C@H]1C[C@@H]1c1ccccc1. The minimum absolute atomic E-state index is 0.132. The number of nitrogens with zero attached hydrogens (tertiary/aromatic N) is 1. The molecule has 1 aliphatic rings. The van der Waals surface area contributed by atoms with Gasteiger partial charge in [-0.1, -0.05) is 95.2 Å². The third-order valence-corrected chi connectivity index (χ3v) is 6.53. The van der Waals surface area contributed by atoms with Crippen molar-refractivity contribution in [2.45, 2.75) is 96.9 Å². The molecule has 0 spiro atoms. The van der Waals surface area contributed by atoms with Crippen LogP contribution in [0, 0.1) is 5.92 Å². The first-order valence-corrected chi connectivity index (χ1v) is 13.0. The van der Waals surface area contributed by atoms with E-state index in [-0.39, 0.29) is 11.8 Å². The van der Waals surface area contributed by atoms with E-state index >= 15 is 0 Å². The Bertz CT molecular complexity index is 776. The lowest BCUT2D eigenvalue weighted by molar-refractivity contribution is -0.138. The molecule has 0 bridgehead atoms. The molecule has 1 aromatic carbocycles. The number of aromatic nitrogens is 1. The highest BCUT2D eigenvalue weighted by molar-refractivity contribution is 5.75. The molecule has 1 heterocycles. The van der Waals surface area contributed by atoms with Gasteiger partial charge in [0.1, 0.15) is 0 Å². The molecule has 3 rings (SSSR count). The van der Waals surface area contributed by atoms with Crippen LogP contribution in [0.3, 0.4) is 0 Å². The number of unbranched alkanes of at least 4 members (excludes halogenated alkanes) is 7. The van der Waals surface area contributed by atoms with Gasteiger partial charge in [0.2, 0.25) is 0 Å². The van der Waals surface area contributed by atoms with Crippen LogP contribution in [-0.4, -0.2) is 22.6 Å². The number of hydrogen-bond acceptors (Lipinski definition) is 3. The number of pyridine rings is 1. The summed E-state index contributed by atoms with van der Waals surface area (Å²) in [5, 5.41) is 12.3. The maximum absolute atomic E-state index is 10.5. The average Bonchev–Trinajstić information content (AvgIpc) is 3.65. The van der Waals surface area contributed by atoms with Crippen molar-refractivity contribution >= 4 is 5.97 Å². The van der Waals surface area contributed by atoms with E-state index in [4.69, 9.17) is 5.11 Å². The third kappa shape index (κ3) is 10.5. The number of aryl methyl sites for hydroxylation is 1. The normalized spacial score (nSPS) is 17.7. The van der Waals surface area contributed by atoms with Gasteiger partial charge in [-0.15, -0.1) is 0 Å². The van der Waals surface area contributed by atoms with Gasteiger partial charge in [0, 0.05) is 17.9 Å². The second-order valence-corrected chi connectivity index (χ2v) is 9.28. The molecule has 4 heteroatoms. The quantitative estimate of drug-likeness (QED) is 0.295. The summed E-state index contributed by atoms with van der Waals surface area (Å²) in [7, 11) is 0. The molecular formula is C29H44N2O2. The van der Waals surface area contributed by atoms with Gasteiger partial charge in [-0.25, -0.2) is 0 Å². The first kappa shape index (κ1) is 27.0. The second kappa shape index (κ2) is 15.6. The van der Waals surface area contributed by atoms with E-state index in [9.17, 15) is 4.79 Å². The van der Waals surface area contributed by atoms with Crippen LogP contribution in [0.5, 0.6) is 0 Å². The summed E-state index contributed by atoms with van der Waals surface area (Å²) >= 11 is 0. The van der Waals surface area contributed by atoms with Gasteiger partial charge < -0.3 is 10.4 Å². The first-order valence-electron chi connectivity index (χ1n) is 13.0. The molecule has 0 radical (unpaired) electrons. The predicted molar refractivity (Wildman–Crippen MR) is 138 cm³/mol. The summed E-state index contributed by atoms with van der Waals surface area (Å²) in [4.78, 5) is 15.0. The van der Waals surface area contributed by atoms with Crippen LogP contribution in [0.1, 0.15) is 107 Å². The van der Waals surface area contributed by atoms with Crippen LogP contribution in [0.15, 0.2) is 48.7 Å². The van der Waals surface area contributed by atoms with E-state index in [1.54, 1.807) is 0 Å². The van der Waals surface area contributed by atoms with E-state index in [1.165, 1.54) is 62.6 Å². The lowest BCUT2D eigenvalue weighted by Gasteiger charge is -2.14. The van der Waals surface area contributed by atoms with Crippen LogP contribution < -0.4 is 5.32 Å². The van der Waals surface area contributed by atoms with Gasteiger partial charge in [-0.2, -0.15) is 0 Å². The number of nitrogens with one attached hydrogen (secondary N) is 1. The van der Waals surface area contributed by atoms with E-state index in [1.807, 2.05) is 36.5 Å². The Morgan fingerprint density at radius 2 is 1.67 bits per heavy atom. The molecular weight excluding hydrogens is 408 g/mol. The molecule has 3 atom stereocenters. The largest absolute Gasteiger partial charge is 0.481 e. The number of carbonyl (C=O) groups is 1. The van der Waals surface area contributed by atoms with Crippen LogP contribution in [0.4, 0.5) is 0 Å². The summed E-state index contributed by atoms with van der Waals surface area (Å²) in [6.07, 6.45) is 14.9. The zero-order chi connectivity index (χ0) is 23.9. The van der Waals surface area contributed by atoms with Gasteiger partial charge in [0.05, 0.1) is 5.92 Å². The van der Waals surface area contributed by atoms with Crippen molar-refractivity contribution in [3.63, 3.8) is 0 Å². The average molecular weight is 453 g/mol. The van der Waals surface area contributed by atoms with Crippen molar-refractivity contribution in [2.75, 3.05) is 6.54 Å². The van der Waals surface area contributed by atoms with Gasteiger partial charge in [-0.05, 0) is 55.8 Å². The fourth-order valence-corrected chi connectivity index (χ4v) is 4.13. The number of benzene rings is 1. The van der Waals surface area contributed by atoms with Crippen molar-refractivity contribution in [3.05, 3.63) is 65.5 Å². The highest BCUT2D eigenvalue weighted by atomic mass is 16.4. The topological polar surface area (TPSA) is 62.2 Å². The molecule has 182 valence electrons. The Labute approximate surface area is 201 Å². The maximum atomic E-state index is 10.5. The number of carboxylic acid groups (broad SMARTS) is 1. The fourth-order valence-electron chi connectivity index (χ4n) is 4.13. The lowest BCUT2D eigenvalue weighted by atomic mass is 10.1. The highest BCUT2D eigenvalue weighted by Crippen LogP contribution is 2.47. The molecule has 33 heavy (non-hydrogen) atoms. The van der Waals surface area contributed by atoms with Gasteiger partial charge >= 0.3 is 5.97 Å². The minimum Gasteiger partial charge on any atom is -0.481 e.